The molecule has 72 valence electrons. The highest BCUT2D eigenvalue weighted by Crippen LogP contribution is 2.12. The summed E-state index contributed by atoms with van der Waals surface area (Å²) in [5.74, 6) is 0.324. The lowest BCUT2D eigenvalue weighted by molar-refractivity contribution is 0.655. The van der Waals surface area contributed by atoms with Crippen LogP contribution in [0.1, 0.15) is 5.56 Å². The van der Waals surface area contributed by atoms with E-state index in [4.69, 9.17) is 5.73 Å². The number of hydrogen-bond acceptors (Lipinski definition) is 4. The van der Waals surface area contributed by atoms with Crippen LogP contribution in [0.3, 0.4) is 0 Å². The molecule has 0 saturated carbocycles. The minimum absolute atomic E-state index is 0.324. The third kappa shape index (κ3) is 1.90. The van der Waals surface area contributed by atoms with Crippen LogP contribution in [-0.2, 0) is 6.54 Å². The van der Waals surface area contributed by atoms with Crippen molar-refractivity contribution in [3.63, 3.8) is 0 Å². The van der Waals surface area contributed by atoms with Crippen molar-refractivity contribution in [3.05, 3.63) is 34.3 Å². The Morgan fingerprint density at radius 1 is 1.43 bits per heavy atom. The van der Waals surface area contributed by atoms with Gasteiger partial charge in [-0.1, -0.05) is 33.2 Å². The van der Waals surface area contributed by atoms with Crippen LogP contribution in [0.4, 0.5) is 5.95 Å². The minimum atomic E-state index is 0.324. The van der Waals surface area contributed by atoms with E-state index < -0.39 is 0 Å². The van der Waals surface area contributed by atoms with Crippen LogP contribution >= 0.6 is 15.9 Å². The van der Waals surface area contributed by atoms with Gasteiger partial charge >= 0.3 is 0 Å². The van der Waals surface area contributed by atoms with E-state index >= 15 is 0 Å². The maximum atomic E-state index is 5.54. The Balaban J connectivity index is 2.23. The molecule has 2 aromatic rings. The Morgan fingerprint density at radius 3 is 2.93 bits per heavy atom. The van der Waals surface area contributed by atoms with E-state index in [1.54, 1.807) is 4.68 Å². The summed E-state index contributed by atoms with van der Waals surface area (Å²) >= 11 is 3.39. The molecule has 0 aliphatic carbocycles. The number of nitrogens with two attached hydrogens (primary N) is 1. The number of rotatable bonds is 2. The second-order valence-corrected chi connectivity index (χ2v) is 3.74. The van der Waals surface area contributed by atoms with Crippen LogP contribution in [0.15, 0.2) is 28.7 Å². The lowest BCUT2D eigenvalue weighted by Crippen LogP contribution is -2.06. The maximum Gasteiger partial charge on any atom is 0.240 e. The van der Waals surface area contributed by atoms with E-state index in [-0.39, 0.29) is 0 Å². The summed E-state index contributed by atoms with van der Waals surface area (Å²) in [6, 6.07) is 7.92. The standard InChI is InChI=1S/C8H8BrN5/c9-7-3-1-2-6(4-7)5-14-8(10)11-12-13-14/h1-4H,5H2,(H2,10,11,13). The lowest BCUT2D eigenvalue weighted by atomic mass is 10.2. The average Bonchev–Trinajstić information content (AvgIpc) is 2.52. The topological polar surface area (TPSA) is 69.6 Å². The Bertz CT molecular complexity index is 439. The molecule has 0 aliphatic rings. The van der Waals surface area contributed by atoms with Gasteiger partial charge < -0.3 is 5.73 Å². The molecule has 0 bridgehead atoms. The van der Waals surface area contributed by atoms with Gasteiger partial charge in [0.05, 0.1) is 6.54 Å². The molecule has 0 aliphatic heterocycles. The number of aromatic nitrogens is 4. The maximum absolute atomic E-state index is 5.54. The Labute approximate surface area is 89.0 Å². The second-order valence-electron chi connectivity index (χ2n) is 2.82. The van der Waals surface area contributed by atoms with E-state index in [9.17, 15) is 0 Å². The zero-order chi connectivity index (χ0) is 9.97. The molecule has 2 N–H and O–H groups in total. The molecule has 14 heavy (non-hydrogen) atoms. The number of halogens is 1. The number of nitrogen functional groups attached to an aromatic ring is 1. The first-order chi connectivity index (χ1) is 6.75. The van der Waals surface area contributed by atoms with Crippen molar-refractivity contribution >= 4 is 21.9 Å². The fourth-order valence-corrected chi connectivity index (χ4v) is 1.58. The molecule has 1 heterocycles. The Morgan fingerprint density at radius 2 is 2.29 bits per heavy atom. The van der Waals surface area contributed by atoms with Gasteiger partial charge in [-0.3, -0.25) is 0 Å². The molecule has 1 aromatic heterocycles. The van der Waals surface area contributed by atoms with Gasteiger partial charge in [0.25, 0.3) is 0 Å². The van der Waals surface area contributed by atoms with E-state index in [0.717, 1.165) is 10.0 Å². The second kappa shape index (κ2) is 3.75. The van der Waals surface area contributed by atoms with Crippen molar-refractivity contribution in [2.75, 3.05) is 5.73 Å². The minimum Gasteiger partial charge on any atom is -0.367 e. The van der Waals surface area contributed by atoms with E-state index in [1.807, 2.05) is 24.3 Å². The number of anilines is 1. The SMILES string of the molecule is Nc1nnnn1Cc1cccc(Br)c1. The quantitative estimate of drug-likeness (QED) is 0.870. The molecule has 0 fully saturated rings. The zero-order valence-electron chi connectivity index (χ0n) is 7.26. The highest BCUT2D eigenvalue weighted by Gasteiger charge is 2.01. The zero-order valence-corrected chi connectivity index (χ0v) is 8.85. The number of tetrazole rings is 1. The molecule has 0 radical (unpaired) electrons. The molecule has 0 amide bonds. The predicted octanol–water partition coefficient (Wildman–Crippen LogP) is 1.07. The first-order valence-electron chi connectivity index (χ1n) is 4.02. The first-order valence-corrected chi connectivity index (χ1v) is 4.81. The van der Waals surface area contributed by atoms with Gasteiger partial charge in [-0.15, -0.1) is 0 Å². The lowest BCUT2D eigenvalue weighted by Gasteiger charge is -2.01. The molecule has 1 aromatic carbocycles. The van der Waals surface area contributed by atoms with Gasteiger partial charge in [0, 0.05) is 4.47 Å². The summed E-state index contributed by atoms with van der Waals surface area (Å²) in [5, 5.41) is 10.8. The van der Waals surface area contributed by atoms with Crippen LogP contribution in [0, 0.1) is 0 Å². The Hall–Kier alpha value is -1.43. The number of hydrogen-bond donors (Lipinski definition) is 1. The third-order valence-corrected chi connectivity index (χ3v) is 2.27. The molecule has 0 saturated heterocycles. The van der Waals surface area contributed by atoms with Crippen molar-refractivity contribution < 1.29 is 0 Å². The molecule has 6 heteroatoms. The summed E-state index contributed by atoms with van der Waals surface area (Å²) in [4.78, 5) is 0. The molecule has 2 rings (SSSR count). The normalized spacial score (nSPS) is 10.4. The smallest absolute Gasteiger partial charge is 0.240 e. The van der Waals surface area contributed by atoms with E-state index in [2.05, 4.69) is 31.5 Å². The summed E-state index contributed by atoms with van der Waals surface area (Å²) in [5.41, 5.74) is 6.64. The van der Waals surface area contributed by atoms with Crippen molar-refractivity contribution in [1.82, 2.24) is 20.2 Å². The summed E-state index contributed by atoms with van der Waals surface area (Å²) in [6.45, 7) is 0.582. The van der Waals surface area contributed by atoms with E-state index in [1.165, 1.54) is 0 Å². The fraction of sp³-hybridized carbons (Fsp3) is 0.125. The van der Waals surface area contributed by atoms with Crippen LogP contribution in [-0.4, -0.2) is 20.2 Å². The van der Waals surface area contributed by atoms with Crippen molar-refractivity contribution in [2.45, 2.75) is 6.54 Å². The number of nitrogens with zero attached hydrogens (tertiary/aromatic N) is 4. The Kier molecular flexibility index (Phi) is 2.45. The fourth-order valence-electron chi connectivity index (χ4n) is 1.13. The third-order valence-electron chi connectivity index (χ3n) is 1.78. The summed E-state index contributed by atoms with van der Waals surface area (Å²) in [7, 11) is 0. The van der Waals surface area contributed by atoms with Gasteiger partial charge in [0.2, 0.25) is 5.95 Å². The average molecular weight is 254 g/mol. The van der Waals surface area contributed by atoms with E-state index in [0.29, 0.717) is 12.5 Å². The molecule has 0 spiro atoms. The highest BCUT2D eigenvalue weighted by atomic mass is 79.9. The largest absolute Gasteiger partial charge is 0.367 e. The molecule has 0 atom stereocenters. The number of benzene rings is 1. The van der Waals surface area contributed by atoms with Crippen LogP contribution in [0.2, 0.25) is 0 Å². The van der Waals surface area contributed by atoms with Crippen molar-refractivity contribution in [2.24, 2.45) is 0 Å². The highest BCUT2D eigenvalue weighted by molar-refractivity contribution is 9.10. The molecular weight excluding hydrogens is 246 g/mol. The monoisotopic (exact) mass is 253 g/mol. The van der Waals surface area contributed by atoms with Crippen molar-refractivity contribution in [3.8, 4) is 0 Å². The predicted molar refractivity (Wildman–Crippen MR) is 55.5 cm³/mol. The van der Waals surface area contributed by atoms with Gasteiger partial charge in [-0.05, 0) is 28.1 Å². The van der Waals surface area contributed by atoms with Crippen molar-refractivity contribution in [1.29, 1.82) is 0 Å². The first kappa shape index (κ1) is 9.14. The van der Waals surface area contributed by atoms with Crippen LogP contribution in [0.5, 0.6) is 0 Å². The summed E-state index contributed by atoms with van der Waals surface area (Å²) < 4.78 is 2.57. The molecular formula is C8H8BrN5. The van der Waals surface area contributed by atoms with Crippen LogP contribution in [0.25, 0.3) is 0 Å². The van der Waals surface area contributed by atoms with Gasteiger partial charge in [0.15, 0.2) is 0 Å². The van der Waals surface area contributed by atoms with Gasteiger partial charge in [-0.25, -0.2) is 4.68 Å². The molecule has 0 unspecified atom stereocenters. The van der Waals surface area contributed by atoms with Gasteiger partial charge in [-0.2, -0.15) is 0 Å². The summed E-state index contributed by atoms with van der Waals surface area (Å²) in [6.07, 6.45) is 0. The van der Waals surface area contributed by atoms with Gasteiger partial charge in [0.1, 0.15) is 0 Å². The van der Waals surface area contributed by atoms with Crippen LogP contribution < -0.4 is 5.73 Å². The molecule has 5 nitrogen and oxygen atoms in total.